The Hall–Kier alpha value is -1.55. The Kier molecular flexibility index (Phi) is 5.92. The van der Waals surface area contributed by atoms with Crippen LogP contribution in [0.3, 0.4) is 0 Å². The van der Waals surface area contributed by atoms with Crippen LogP contribution in [-0.4, -0.2) is 43.2 Å². The minimum Gasteiger partial charge on any atom is -0.491 e. The van der Waals surface area contributed by atoms with Crippen LogP contribution >= 0.6 is 0 Å². The first kappa shape index (κ1) is 18.8. The van der Waals surface area contributed by atoms with E-state index in [0.29, 0.717) is 17.6 Å². The Bertz CT molecular complexity index is 570. The molecular weight excluding hydrogens is 302 g/mol. The molecule has 1 saturated heterocycles. The molecule has 1 aliphatic heterocycles. The lowest BCUT2D eigenvalue weighted by molar-refractivity contribution is 0.0467. The van der Waals surface area contributed by atoms with Gasteiger partial charge >= 0.3 is 5.97 Å². The lowest BCUT2D eigenvalue weighted by Gasteiger charge is -2.19. The SMILES string of the molecule is Cc1cc(OC(C)C)cc(C)c1C(=O)OCCN1CCC(C)(C)C1. The third-order valence-corrected chi connectivity index (χ3v) is 4.48. The molecule has 0 bridgehead atoms. The Labute approximate surface area is 146 Å². The summed E-state index contributed by atoms with van der Waals surface area (Å²) in [7, 11) is 0. The Morgan fingerprint density at radius 3 is 2.38 bits per heavy atom. The van der Waals surface area contributed by atoms with Gasteiger partial charge in [-0.2, -0.15) is 0 Å². The maximum absolute atomic E-state index is 12.4. The predicted octanol–water partition coefficient (Wildman–Crippen LogP) is 3.98. The van der Waals surface area contributed by atoms with Gasteiger partial charge in [-0.3, -0.25) is 4.90 Å². The van der Waals surface area contributed by atoms with E-state index in [1.54, 1.807) is 0 Å². The number of nitrogens with zero attached hydrogens (tertiary/aromatic N) is 1. The molecule has 4 heteroatoms. The Morgan fingerprint density at radius 2 is 1.88 bits per heavy atom. The minimum absolute atomic E-state index is 0.117. The predicted molar refractivity (Wildman–Crippen MR) is 96.8 cm³/mol. The van der Waals surface area contributed by atoms with Crippen molar-refractivity contribution < 1.29 is 14.3 Å². The molecule has 1 aromatic carbocycles. The fourth-order valence-electron chi connectivity index (χ4n) is 3.34. The van der Waals surface area contributed by atoms with Crippen molar-refractivity contribution in [3.63, 3.8) is 0 Å². The highest BCUT2D eigenvalue weighted by Gasteiger charge is 2.28. The standard InChI is InChI=1S/C20H31NO3/c1-14(2)24-17-11-15(3)18(16(4)12-17)19(22)23-10-9-21-8-7-20(5,6)13-21/h11-12,14H,7-10,13H2,1-6H3. The van der Waals surface area contributed by atoms with Crippen molar-refractivity contribution >= 4 is 5.97 Å². The van der Waals surface area contributed by atoms with E-state index < -0.39 is 0 Å². The first-order chi connectivity index (χ1) is 11.2. The third kappa shape index (κ3) is 4.97. The maximum Gasteiger partial charge on any atom is 0.338 e. The van der Waals surface area contributed by atoms with Crippen LogP contribution in [0.25, 0.3) is 0 Å². The van der Waals surface area contributed by atoms with Gasteiger partial charge in [0.2, 0.25) is 0 Å². The van der Waals surface area contributed by atoms with E-state index in [-0.39, 0.29) is 12.1 Å². The molecule has 1 heterocycles. The van der Waals surface area contributed by atoms with Crippen molar-refractivity contribution in [2.24, 2.45) is 5.41 Å². The van der Waals surface area contributed by atoms with Crippen molar-refractivity contribution in [2.75, 3.05) is 26.2 Å². The number of hydrogen-bond acceptors (Lipinski definition) is 4. The summed E-state index contributed by atoms with van der Waals surface area (Å²) >= 11 is 0. The second-order valence-corrected chi connectivity index (χ2v) is 7.92. The summed E-state index contributed by atoms with van der Waals surface area (Å²) in [5.74, 6) is 0.565. The zero-order valence-electron chi connectivity index (χ0n) is 15.9. The fraction of sp³-hybridized carbons (Fsp3) is 0.650. The molecule has 4 nitrogen and oxygen atoms in total. The van der Waals surface area contributed by atoms with Gasteiger partial charge in [0.25, 0.3) is 0 Å². The highest BCUT2D eigenvalue weighted by Crippen LogP contribution is 2.28. The molecule has 1 aliphatic rings. The van der Waals surface area contributed by atoms with Crippen LogP contribution in [0.5, 0.6) is 5.75 Å². The second-order valence-electron chi connectivity index (χ2n) is 7.92. The quantitative estimate of drug-likeness (QED) is 0.738. The van der Waals surface area contributed by atoms with Crippen molar-refractivity contribution in [1.29, 1.82) is 0 Å². The molecule has 0 spiro atoms. The van der Waals surface area contributed by atoms with Crippen LogP contribution in [0.4, 0.5) is 0 Å². The van der Waals surface area contributed by atoms with Gasteiger partial charge in [-0.05, 0) is 69.3 Å². The fourth-order valence-corrected chi connectivity index (χ4v) is 3.34. The normalized spacial score (nSPS) is 17.3. The summed E-state index contributed by atoms with van der Waals surface area (Å²) in [6.45, 7) is 15.8. The topological polar surface area (TPSA) is 38.8 Å². The summed E-state index contributed by atoms with van der Waals surface area (Å²) < 4.78 is 11.2. The molecule has 0 N–H and O–H groups in total. The molecule has 1 fully saturated rings. The van der Waals surface area contributed by atoms with E-state index in [0.717, 1.165) is 36.5 Å². The lowest BCUT2D eigenvalue weighted by atomic mass is 9.93. The lowest BCUT2D eigenvalue weighted by Crippen LogP contribution is -2.28. The van der Waals surface area contributed by atoms with Crippen molar-refractivity contribution in [1.82, 2.24) is 4.90 Å². The monoisotopic (exact) mass is 333 g/mol. The molecule has 0 aromatic heterocycles. The van der Waals surface area contributed by atoms with Gasteiger partial charge in [-0.1, -0.05) is 13.8 Å². The number of benzene rings is 1. The zero-order valence-corrected chi connectivity index (χ0v) is 15.9. The van der Waals surface area contributed by atoms with Crippen LogP contribution < -0.4 is 4.74 Å². The van der Waals surface area contributed by atoms with E-state index in [1.807, 2.05) is 39.8 Å². The molecule has 0 atom stereocenters. The highest BCUT2D eigenvalue weighted by atomic mass is 16.5. The van der Waals surface area contributed by atoms with Crippen molar-refractivity contribution in [2.45, 2.75) is 54.1 Å². The van der Waals surface area contributed by atoms with Crippen LogP contribution in [0, 0.1) is 19.3 Å². The number of rotatable bonds is 6. The first-order valence-corrected chi connectivity index (χ1v) is 8.85. The van der Waals surface area contributed by atoms with Crippen LogP contribution in [-0.2, 0) is 4.74 Å². The first-order valence-electron chi connectivity index (χ1n) is 8.85. The molecule has 2 rings (SSSR count). The average Bonchev–Trinajstić information content (AvgIpc) is 2.76. The van der Waals surface area contributed by atoms with E-state index in [2.05, 4.69) is 18.7 Å². The summed E-state index contributed by atoms with van der Waals surface area (Å²) in [5.41, 5.74) is 2.84. The van der Waals surface area contributed by atoms with Gasteiger partial charge in [0.1, 0.15) is 12.4 Å². The largest absolute Gasteiger partial charge is 0.491 e. The zero-order chi connectivity index (χ0) is 17.9. The van der Waals surface area contributed by atoms with Crippen LogP contribution in [0.2, 0.25) is 0 Å². The summed E-state index contributed by atoms with van der Waals surface area (Å²) in [6, 6.07) is 3.82. The molecule has 0 radical (unpaired) electrons. The maximum atomic E-state index is 12.4. The summed E-state index contributed by atoms with van der Waals surface area (Å²) in [6.07, 6.45) is 1.32. The van der Waals surface area contributed by atoms with Gasteiger partial charge in [-0.15, -0.1) is 0 Å². The number of hydrogen-bond donors (Lipinski definition) is 0. The molecule has 0 unspecified atom stereocenters. The third-order valence-electron chi connectivity index (χ3n) is 4.48. The van der Waals surface area contributed by atoms with Crippen LogP contribution in [0.15, 0.2) is 12.1 Å². The molecular formula is C20H31NO3. The molecule has 0 saturated carbocycles. The molecule has 0 amide bonds. The average molecular weight is 333 g/mol. The molecule has 1 aromatic rings. The van der Waals surface area contributed by atoms with E-state index in [4.69, 9.17) is 9.47 Å². The van der Waals surface area contributed by atoms with Gasteiger partial charge in [0, 0.05) is 13.1 Å². The summed E-state index contributed by atoms with van der Waals surface area (Å²) in [5, 5.41) is 0. The number of ether oxygens (including phenoxy) is 2. The number of carbonyl (C=O) groups is 1. The Morgan fingerprint density at radius 1 is 1.25 bits per heavy atom. The molecule has 134 valence electrons. The van der Waals surface area contributed by atoms with Gasteiger partial charge in [-0.25, -0.2) is 4.79 Å². The van der Waals surface area contributed by atoms with E-state index >= 15 is 0 Å². The molecule has 24 heavy (non-hydrogen) atoms. The van der Waals surface area contributed by atoms with Gasteiger partial charge in [0.05, 0.1) is 11.7 Å². The molecule has 0 aliphatic carbocycles. The number of esters is 1. The van der Waals surface area contributed by atoms with Gasteiger partial charge < -0.3 is 9.47 Å². The van der Waals surface area contributed by atoms with Crippen molar-refractivity contribution in [3.05, 3.63) is 28.8 Å². The minimum atomic E-state index is -0.237. The highest BCUT2D eigenvalue weighted by molar-refractivity contribution is 5.93. The summed E-state index contributed by atoms with van der Waals surface area (Å²) in [4.78, 5) is 14.8. The Balaban J connectivity index is 1.92. The van der Waals surface area contributed by atoms with E-state index in [9.17, 15) is 4.79 Å². The number of aryl methyl sites for hydroxylation is 2. The smallest absolute Gasteiger partial charge is 0.338 e. The number of carbonyl (C=O) groups excluding carboxylic acids is 1. The van der Waals surface area contributed by atoms with Gasteiger partial charge in [0.15, 0.2) is 0 Å². The number of likely N-dealkylation sites (tertiary alicyclic amines) is 1. The van der Waals surface area contributed by atoms with Crippen molar-refractivity contribution in [3.8, 4) is 5.75 Å². The second kappa shape index (κ2) is 7.56. The van der Waals surface area contributed by atoms with Crippen LogP contribution in [0.1, 0.15) is 55.6 Å². The van der Waals surface area contributed by atoms with E-state index in [1.165, 1.54) is 6.42 Å².